The number of rotatable bonds is 3. The number of aromatic nitrogens is 3. The number of benzene rings is 5. The normalized spacial score (nSPS) is 17.3. The lowest BCUT2D eigenvalue weighted by atomic mass is 9.86. The number of anilines is 2. The highest BCUT2D eigenvalue weighted by molar-refractivity contribution is 6.10. The lowest BCUT2D eigenvalue weighted by Gasteiger charge is -2.27. The van der Waals surface area contributed by atoms with Crippen molar-refractivity contribution in [3.05, 3.63) is 169 Å². The summed E-state index contributed by atoms with van der Waals surface area (Å²) < 4.78 is 4.45. The first-order valence-corrected chi connectivity index (χ1v) is 15.6. The minimum absolute atomic E-state index is 0.158. The molecule has 0 bridgehead atoms. The van der Waals surface area contributed by atoms with Gasteiger partial charge < -0.3 is 9.47 Å². The van der Waals surface area contributed by atoms with Gasteiger partial charge in [0.15, 0.2) is 5.82 Å². The van der Waals surface area contributed by atoms with Gasteiger partial charge in [0.2, 0.25) is 0 Å². The van der Waals surface area contributed by atoms with Gasteiger partial charge in [0, 0.05) is 39.5 Å². The molecule has 0 amide bonds. The van der Waals surface area contributed by atoms with Crippen molar-refractivity contribution in [2.45, 2.75) is 12.0 Å². The SMILES string of the molecule is C1=CC2C(C=C1c1ccc3c(c1)c1ccccc1n3-c1ccccc1)c1ccccc1N2c1cc2ccc3ccccc3n2n1. The largest absolute Gasteiger partial charge is 0.317 e. The molecule has 1 aliphatic heterocycles. The van der Waals surface area contributed by atoms with Crippen molar-refractivity contribution in [1.29, 1.82) is 0 Å². The number of hydrogen-bond acceptors (Lipinski definition) is 2. The van der Waals surface area contributed by atoms with E-state index in [0.29, 0.717) is 0 Å². The third-order valence-corrected chi connectivity index (χ3v) is 9.64. The van der Waals surface area contributed by atoms with E-state index < -0.39 is 0 Å². The van der Waals surface area contributed by atoms with Crippen LogP contribution in [-0.4, -0.2) is 20.2 Å². The molecule has 4 nitrogen and oxygen atoms in total. The maximum atomic E-state index is 5.17. The van der Waals surface area contributed by atoms with Gasteiger partial charge in [0.1, 0.15) is 0 Å². The Morgan fingerprint density at radius 3 is 2.31 bits per heavy atom. The quantitative estimate of drug-likeness (QED) is 0.209. The fourth-order valence-electron chi connectivity index (χ4n) is 7.62. The van der Waals surface area contributed by atoms with Gasteiger partial charge in [-0.2, -0.15) is 0 Å². The van der Waals surface area contributed by atoms with Crippen LogP contribution in [0.2, 0.25) is 0 Å². The minimum Gasteiger partial charge on any atom is -0.317 e. The molecule has 10 rings (SSSR count). The zero-order chi connectivity index (χ0) is 29.5. The maximum absolute atomic E-state index is 5.17. The first kappa shape index (κ1) is 24.6. The lowest BCUT2D eigenvalue weighted by molar-refractivity contribution is 0.737. The van der Waals surface area contributed by atoms with Crippen LogP contribution < -0.4 is 4.90 Å². The molecule has 212 valence electrons. The van der Waals surface area contributed by atoms with E-state index in [-0.39, 0.29) is 12.0 Å². The number of pyridine rings is 1. The average molecular weight is 577 g/mol. The Kier molecular flexibility index (Phi) is 5.08. The number of para-hydroxylation sites is 4. The Hall–Kier alpha value is -5.87. The van der Waals surface area contributed by atoms with Crippen molar-refractivity contribution < 1.29 is 0 Å². The highest BCUT2D eigenvalue weighted by atomic mass is 15.3. The summed E-state index contributed by atoms with van der Waals surface area (Å²) in [5, 5.41) is 8.90. The molecule has 3 aromatic heterocycles. The molecule has 0 spiro atoms. The smallest absolute Gasteiger partial charge is 0.156 e. The zero-order valence-corrected chi connectivity index (χ0v) is 24.5. The van der Waals surface area contributed by atoms with Gasteiger partial charge in [-0.25, -0.2) is 4.52 Å². The van der Waals surface area contributed by atoms with Gasteiger partial charge in [-0.1, -0.05) is 103 Å². The van der Waals surface area contributed by atoms with Crippen molar-refractivity contribution in [3.8, 4) is 5.69 Å². The fourth-order valence-corrected chi connectivity index (χ4v) is 7.62. The van der Waals surface area contributed by atoms with E-state index >= 15 is 0 Å². The highest BCUT2D eigenvalue weighted by Crippen LogP contribution is 2.49. The van der Waals surface area contributed by atoms with Gasteiger partial charge in [0.05, 0.1) is 28.1 Å². The molecule has 0 saturated carbocycles. The molecule has 5 aromatic carbocycles. The van der Waals surface area contributed by atoms with Crippen molar-refractivity contribution in [2.75, 3.05) is 4.90 Å². The predicted octanol–water partition coefficient (Wildman–Crippen LogP) is 9.84. The van der Waals surface area contributed by atoms with Crippen LogP contribution in [0.5, 0.6) is 0 Å². The van der Waals surface area contributed by atoms with E-state index in [1.165, 1.54) is 55.3 Å². The third-order valence-electron chi connectivity index (χ3n) is 9.64. The summed E-state index contributed by atoms with van der Waals surface area (Å²) in [6.45, 7) is 0. The minimum atomic E-state index is 0.158. The van der Waals surface area contributed by atoms with Crippen molar-refractivity contribution in [2.24, 2.45) is 0 Å². The zero-order valence-electron chi connectivity index (χ0n) is 24.5. The first-order chi connectivity index (χ1) is 22.3. The Bertz CT molecular complexity index is 2510. The van der Waals surface area contributed by atoms with Crippen LogP contribution in [-0.2, 0) is 0 Å². The predicted molar refractivity (Wildman–Crippen MR) is 186 cm³/mol. The van der Waals surface area contributed by atoms with E-state index in [9.17, 15) is 0 Å². The van der Waals surface area contributed by atoms with Crippen LogP contribution >= 0.6 is 0 Å². The summed E-state index contributed by atoms with van der Waals surface area (Å²) in [7, 11) is 0. The molecule has 4 heterocycles. The van der Waals surface area contributed by atoms with Gasteiger partial charge >= 0.3 is 0 Å². The number of hydrogen-bond donors (Lipinski definition) is 0. The summed E-state index contributed by atoms with van der Waals surface area (Å²) in [5.74, 6) is 1.20. The van der Waals surface area contributed by atoms with Crippen LogP contribution in [0.15, 0.2) is 158 Å². The molecule has 0 N–H and O–H groups in total. The van der Waals surface area contributed by atoms with Gasteiger partial charge in [0.25, 0.3) is 0 Å². The van der Waals surface area contributed by atoms with Crippen LogP contribution in [0.3, 0.4) is 0 Å². The number of nitrogens with zero attached hydrogens (tertiary/aromatic N) is 4. The van der Waals surface area contributed by atoms with E-state index in [4.69, 9.17) is 5.10 Å². The lowest BCUT2D eigenvalue weighted by Crippen LogP contribution is -2.29. The Labute approximate surface area is 260 Å². The molecule has 1 aliphatic carbocycles. The second kappa shape index (κ2) is 9.31. The topological polar surface area (TPSA) is 25.5 Å². The monoisotopic (exact) mass is 576 g/mol. The van der Waals surface area contributed by atoms with Gasteiger partial charge in [-0.15, -0.1) is 5.10 Å². The number of allylic oxidation sites excluding steroid dienone is 2. The van der Waals surface area contributed by atoms with Crippen LogP contribution in [0, 0.1) is 0 Å². The molecule has 0 radical (unpaired) electrons. The van der Waals surface area contributed by atoms with Gasteiger partial charge in [-0.3, -0.25) is 0 Å². The van der Waals surface area contributed by atoms with E-state index in [2.05, 4.69) is 172 Å². The summed E-state index contributed by atoms with van der Waals surface area (Å²) in [6.07, 6.45) is 7.15. The molecule has 2 atom stereocenters. The average Bonchev–Trinajstić information content (AvgIpc) is 3.78. The summed E-state index contributed by atoms with van der Waals surface area (Å²) >= 11 is 0. The number of fused-ring (bicyclic) bond motifs is 9. The van der Waals surface area contributed by atoms with Crippen molar-refractivity contribution >= 4 is 55.3 Å². The Balaban J connectivity index is 1.09. The Morgan fingerprint density at radius 1 is 0.600 bits per heavy atom. The summed E-state index contributed by atoms with van der Waals surface area (Å²) in [6, 6.07) is 50.3. The third kappa shape index (κ3) is 3.57. The molecular weight excluding hydrogens is 548 g/mol. The Morgan fingerprint density at radius 2 is 1.38 bits per heavy atom. The second-order valence-corrected chi connectivity index (χ2v) is 12.1. The molecule has 2 aliphatic rings. The molecule has 0 fully saturated rings. The van der Waals surface area contributed by atoms with E-state index in [0.717, 1.165) is 16.9 Å². The summed E-state index contributed by atoms with van der Waals surface area (Å²) in [4.78, 5) is 2.42. The first-order valence-electron chi connectivity index (χ1n) is 15.6. The standard InChI is InChI=1S/C41H28N4/c1-2-11-30(12-3-1)43-37-16-8-5-13-32(37)34-24-28(19-22-39(34)43)29-20-23-40-35(25-29)33-14-6-9-17-38(33)44(40)41-26-31-21-18-27-10-4-7-15-36(27)45(31)42-41/h1-26,35,40H. The highest BCUT2D eigenvalue weighted by Gasteiger charge is 2.39. The van der Waals surface area contributed by atoms with Crippen LogP contribution in [0.1, 0.15) is 17.0 Å². The van der Waals surface area contributed by atoms with Crippen molar-refractivity contribution in [3.63, 3.8) is 0 Å². The molecule has 2 unspecified atom stereocenters. The van der Waals surface area contributed by atoms with Crippen molar-refractivity contribution in [1.82, 2.24) is 14.2 Å². The second-order valence-electron chi connectivity index (χ2n) is 12.1. The summed E-state index contributed by atoms with van der Waals surface area (Å²) in [5.41, 5.74) is 10.9. The molecule has 45 heavy (non-hydrogen) atoms. The molecular formula is C41H28N4. The van der Waals surface area contributed by atoms with Crippen LogP contribution in [0.25, 0.3) is 49.5 Å². The van der Waals surface area contributed by atoms with Crippen LogP contribution in [0.4, 0.5) is 11.5 Å². The molecule has 4 heteroatoms. The fraction of sp³-hybridized carbons (Fsp3) is 0.0488. The van der Waals surface area contributed by atoms with E-state index in [1.54, 1.807) is 0 Å². The molecule has 0 saturated heterocycles. The maximum Gasteiger partial charge on any atom is 0.156 e. The van der Waals surface area contributed by atoms with E-state index in [1.807, 2.05) is 0 Å². The molecule has 8 aromatic rings. The van der Waals surface area contributed by atoms with Gasteiger partial charge in [-0.05, 0) is 65.2 Å².